The zero-order valence-corrected chi connectivity index (χ0v) is 13.9. The first-order chi connectivity index (χ1) is 9.74. The summed E-state index contributed by atoms with van der Waals surface area (Å²) in [5.74, 6) is 1.30. The average Bonchev–Trinajstić information content (AvgIpc) is 2.94. The number of benzene rings is 1. The van der Waals surface area contributed by atoms with Gasteiger partial charge in [-0.15, -0.1) is 12.4 Å². The molecule has 0 aliphatic carbocycles. The predicted molar refractivity (Wildman–Crippen MR) is 90.0 cm³/mol. The van der Waals surface area contributed by atoms with E-state index in [4.69, 9.17) is 0 Å². The molecule has 1 heterocycles. The van der Waals surface area contributed by atoms with E-state index >= 15 is 0 Å². The first-order valence-electron chi connectivity index (χ1n) is 7.72. The summed E-state index contributed by atoms with van der Waals surface area (Å²) in [6.07, 6.45) is 2.80. The topological polar surface area (TPSA) is 32.3 Å². The molecule has 0 bridgehead atoms. The molecule has 1 amide bonds. The van der Waals surface area contributed by atoms with Crippen LogP contribution in [0.1, 0.15) is 37.7 Å². The molecule has 21 heavy (non-hydrogen) atoms. The van der Waals surface area contributed by atoms with Crippen LogP contribution in [0.2, 0.25) is 0 Å². The van der Waals surface area contributed by atoms with Crippen molar-refractivity contribution >= 4 is 18.3 Å². The molecule has 3 nitrogen and oxygen atoms in total. The second-order valence-electron chi connectivity index (χ2n) is 5.77. The molecule has 1 aromatic carbocycles. The highest BCUT2D eigenvalue weighted by Crippen LogP contribution is 2.25. The molecule has 2 unspecified atom stereocenters. The lowest BCUT2D eigenvalue weighted by Gasteiger charge is -2.21. The summed E-state index contributed by atoms with van der Waals surface area (Å²) in [6, 6.07) is 10.4. The van der Waals surface area contributed by atoms with Crippen molar-refractivity contribution < 1.29 is 4.79 Å². The smallest absolute Gasteiger partial charge is 0.223 e. The standard InChI is InChI=1S/C17H26N2O.ClH/c1-3-15(16-7-5-4-6-8-16)11-17(20)19-10-9-14(13-19)12-18-2;/h4-8,14-15,18H,3,9-13H2,1-2H3;1H. The molecule has 0 saturated carbocycles. The van der Waals surface area contributed by atoms with Crippen LogP contribution in [0.15, 0.2) is 30.3 Å². The van der Waals surface area contributed by atoms with Crippen LogP contribution in [-0.4, -0.2) is 37.5 Å². The van der Waals surface area contributed by atoms with Crippen molar-refractivity contribution in [2.45, 2.75) is 32.1 Å². The third kappa shape index (κ3) is 5.01. The van der Waals surface area contributed by atoms with E-state index in [1.165, 1.54) is 5.56 Å². The van der Waals surface area contributed by atoms with Gasteiger partial charge >= 0.3 is 0 Å². The molecule has 118 valence electrons. The lowest BCUT2D eigenvalue weighted by molar-refractivity contribution is -0.130. The zero-order chi connectivity index (χ0) is 14.4. The van der Waals surface area contributed by atoms with Gasteiger partial charge in [0.25, 0.3) is 0 Å². The minimum Gasteiger partial charge on any atom is -0.342 e. The Hall–Kier alpha value is -1.06. The normalized spacial score (nSPS) is 19.1. The summed E-state index contributed by atoms with van der Waals surface area (Å²) in [4.78, 5) is 14.5. The first-order valence-corrected chi connectivity index (χ1v) is 7.72. The van der Waals surface area contributed by atoms with Crippen LogP contribution < -0.4 is 5.32 Å². The van der Waals surface area contributed by atoms with Crippen molar-refractivity contribution in [3.8, 4) is 0 Å². The summed E-state index contributed by atoms with van der Waals surface area (Å²) in [5.41, 5.74) is 1.29. The van der Waals surface area contributed by atoms with E-state index in [0.717, 1.165) is 32.5 Å². The van der Waals surface area contributed by atoms with Crippen molar-refractivity contribution in [2.75, 3.05) is 26.7 Å². The summed E-state index contributed by atoms with van der Waals surface area (Å²) >= 11 is 0. The van der Waals surface area contributed by atoms with Gasteiger partial charge in [0.2, 0.25) is 5.91 Å². The zero-order valence-electron chi connectivity index (χ0n) is 13.0. The van der Waals surface area contributed by atoms with Gasteiger partial charge in [-0.1, -0.05) is 37.3 Å². The molecule has 1 fully saturated rings. The average molecular weight is 311 g/mol. The van der Waals surface area contributed by atoms with E-state index < -0.39 is 0 Å². The fourth-order valence-electron chi connectivity index (χ4n) is 3.08. The van der Waals surface area contributed by atoms with Crippen LogP contribution in [0, 0.1) is 5.92 Å². The maximum Gasteiger partial charge on any atom is 0.223 e. The Balaban J connectivity index is 0.00000220. The van der Waals surface area contributed by atoms with E-state index in [1.54, 1.807) is 0 Å². The third-order valence-electron chi connectivity index (χ3n) is 4.32. The molecule has 1 saturated heterocycles. The second-order valence-corrected chi connectivity index (χ2v) is 5.77. The highest BCUT2D eigenvalue weighted by molar-refractivity contribution is 5.85. The number of nitrogens with zero attached hydrogens (tertiary/aromatic N) is 1. The van der Waals surface area contributed by atoms with Crippen molar-refractivity contribution in [3.63, 3.8) is 0 Å². The van der Waals surface area contributed by atoms with Gasteiger partial charge in [-0.3, -0.25) is 4.79 Å². The minimum atomic E-state index is 0. The van der Waals surface area contributed by atoms with Crippen molar-refractivity contribution in [1.82, 2.24) is 10.2 Å². The van der Waals surface area contributed by atoms with Gasteiger partial charge in [-0.25, -0.2) is 0 Å². The van der Waals surface area contributed by atoms with E-state index in [9.17, 15) is 4.79 Å². The summed E-state index contributed by atoms with van der Waals surface area (Å²) < 4.78 is 0. The fraction of sp³-hybridized carbons (Fsp3) is 0.588. The number of carbonyl (C=O) groups excluding carboxylic acids is 1. The van der Waals surface area contributed by atoms with Gasteiger partial charge in [0, 0.05) is 19.5 Å². The molecule has 0 spiro atoms. The first kappa shape index (κ1) is 18.0. The second kappa shape index (κ2) is 9.06. The lowest BCUT2D eigenvalue weighted by Crippen LogP contribution is -2.31. The monoisotopic (exact) mass is 310 g/mol. The molecule has 0 radical (unpaired) electrons. The number of rotatable bonds is 6. The third-order valence-corrected chi connectivity index (χ3v) is 4.32. The Bertz CT molecular complexity index is 424. The number of hydrogen-bond acceptors (Lipinski definition) is 2. The largest absolute Gasteiger partial charge is 0.342 e. The van der Waals surface area contributed by atoms with E-state index in [1.807, 2.05) is 18.0 Å². The fourth-order valence-corrected chi connectivity index (χ4v) is 3.08. The van der Waals surface area contributed by atoms with Crippen LogP contribution in [-0.2, 0) is 4.79 Å². The van der Waals surface area contributed by atoms with E-state index in [2.05, 4.69) is 36.5 Å². The molecule has 2 atom stereocenters. The summed E-state index contributed by atoms with van der Waals surface area (Å²) in [5, 5.41) is 3.21. The molecule has 1 aromatic rings. The molecule has 1 aliphatic rings. The van der Waals surface area contributed by atoms with Crippen molar-refractivity contribution in [2.24, 2.45) is 5.92 Å². The van der Waals surface area contributed by atoms with Gasteiger partial charge < -0.3 is 10.2 Å². The van der Waals surface area contributed by atoms with Gasteiger partial charge in [0.05, 0.1) is 0 Å². The highest BCUT2D eigenvalue weighted by atomic mass is 35.5. The Kier molecular flexibility index (Phi) is 7.76. The Morgan fingerprint density at radius 2 is 2.10 bits per heavy atom. The van der Waals surface area contributed by atoms with Gasteiger partial charge in [0.15, 0.2) is 0 Å². The number of halogens is 1. The lowest BCUT2D eigenvalue weighted by atomic mass is 9.93. The molecule has 4 heteroatoms. The van der Waals surface area contributed by atoms with Gasteiger partial charge in [-0.2, -0.15) is 0 Å². The maximum absolute atomic E-state index is 12.4. The Morgan fingerprint density at radius 3 is 2.71 bits per heavy atom. The number of likely N-dealkylation sites (tertiary alicyclic amines) is 1. The highest BCUT2D eigenvalue weighted by Gasteiger charge is 2.27. The number of carbonyl (C=O) groups is 1. The molecule has 1 N–H and O–H groups in total. The van der Waals surface area contributed by atoms with E-state index in [-0.39, 0.29) is 12.4 Å². The molecule has 1 aliphatic heterocycles. The Labute approximate surface area is 134 Å². The van der Waals surface area contributed by atoms with Gasteiger partial charge in [0.1, 0.15) is 0 Å². The quantitative estimate of drug-likeness (QED) is 0.876. The molecule has 0 aromatic heterocycles. The maximum atomic E-state index is 12.4. The predicted octanol–water partition coefficient (Wildman–Crippen LogP) is 3.06. The summed E-state index contributed by atoms with van der Waals surface area (Å²) in [6.45, 7) is 5.03. The molecular formula is C17H27ClN2O. The van der Waals surface area contributed by atoms with Crippen LogP contribution in [0.4, 0.5) is 0 Å². The number of amides is 1. The van der Waals surface area contributed by atoms with Gasteiger partial charge in [-0.05, 0) is 43.8 Å². The number of nitrogens with one attached hydrogen (secondary N) is 1. The van der Waals surface area contributed by atoms with Crippen LogP contribution in [0.25, 0.3) is 0 Å². The Morgan fingerprint density at radius 1 is 1.38 bits per heavy atom. The minimum absolute atomic E-state index is 0. The molecular weight excluding hydrogens is 284 g/mol. The van der Waals surface area contributed by atoms with Crippen LogP contribution in [0.5, 0.6) is 0 Å². The van der Waals surface area contributed by atoms with Crippen molar-refractivity contribution in [1.29, 1.82) is 0 Å². The van der Waals surface area contributed by atoms with E-state index in [0.29, 0.717) is 24.2 Å². The van der Waals surface area contributed by atoms with Crippen LogP contribution in [0.3, 0.4) is 0 Å². The van der Waals surface area contributed by atoms with Crippen LogP contribution >= 0.6 is 12.4 Å². The van der Waals surface area contributed by atoms with Crippen molar-refractivity contribution in [3.05, 3.63) is 35.9 Å². The SMILES string of the molecule is CCC(CC(=O)N1CCC(CNC)C1)c1ccccc1.Cl. The summed E-state index contributed by atoms with van der Waals surface area (Å²) in [7, 11) is 1.98. The molecule has 2 rings (SSSR count). The number of hydrogen-bond donors (Lipinski definition) is 1.